The molecule has 0 bridgehead atoms. The van der Waals surface area contributed by atoms with Crippen LogP contribution in [0.3, 0.4) is 0 Å². The highest BCUT2D eigenvalue weighted by Crippen LogP contribution is 2.20. The van der Waals surface area contributed by atoms with Gasteiger partial charge in [0.15, 0.2) is 0 Å². The van der Waals surface area contributed by atoms with Crippen LogP contribution < -0.4 is 0 Å². The number of carbonyl (C=O) groups is 1. The van der Waals surface area contributed by atoms with E-state index >= 15 is 0 Å². The van der Waals surface area contributed by atoms with Crippen LogP contribution in [0.1, 0.15) is 40.5 Å². The minimum Gasteiger partial charge on any atom is -0.442 e. The van der Waals surface area contributed by atoms with Crippen LogP contribution in [0.25, 0.3) is 0 Å². The molecule has 0 N–H and O–H groups in total. The zero-order valence-electron chi connectivity index (χ0n) is 10.4. The molecular weight excluding hydrogens is 239 g/mol. The van der Waals surface area contributed by atoms with Gasteiger partial charge >= 0.3 is 12.5 Å². The highest BCUT2D eigenvalue weighted by Gasteiger charge is 2.37. The molecular formula is C10H18F3NO3. The van der Waals surface area contributed by atoms with Gasteiger partial charge in [-0.25, -0.2) is 4.79 Å². The molecule has 0 saturated heterocycles. The molecule has 0 aromatic carbocycles. The Balaban J connectivity index is 4.51. The molecule has 0 saturated carbocycles. The maximum absolute atomic E-state index is 12.1. The van der Waals surface area contributed by atoms with Gasteiger partial charge in [0.1, 0.15) is 5.60 Å². The summed E-state index contributed by atoms with van der Waals surface area (Å²) in [7, 11) is 0. The summed E-state index contributed by atoms with van der Waals surface area (Å²) in [5, 5.41) is 0.203. The average Bonchev–Trinajstić information content (AvgIpc) is 2.07. The third kappa shape index (κ3) is 8.79. The van der Waals surface area contributed by atoms with E-state index in [-0.39, 0.29) is 11.6 Å². The van der Waals surface area contributed by atoms with Crippen molar-refractivity contribution in [2.45, 2.75) is 52.5 Å². The van der Waals surface area contributed by atoms with E-state index in [0.717, 1.165) is 0 Å². The van der Waals surface area contributed by atoms with Gasteiger partial charge in [-0.1, -0.05) is 13.3 Å². The summed E-state index contributed by atoms with van der Waals surface area (Å²) < 4.78 is 41.0. The largest absolute Gasteiger partial charge is 0.544 e. The molecule has 0 heterocycles. The number of amides is 1. The SMILES string of the molecule is CCCCN(OC(F)(F)F)C(=O)OC(C)(C)C. The highest BCUT2D eigenvalue weighted by molar-refractivity contribution is 5.66. The molecule has 0 unspecified atom stereocenters. The second-order valence-corrected chi connectivity index (χ2v) is 4.47. The molecule has 0 fully saturated rings. The molecule has 0 aliphatic rings. The fraction of sp³-hybridized carbons (Fsp3) is 0.900. The molecule has 0 aromatic heterocycles. The first kappa shape index (κ1) is 16.0. The molecule has 0 aromatic rings. The van der Waals surface area contributed by atoms with Crippen LogP contribution in [0.2, 0.25) is 0 Å². The number of hydrogen-bond donors (Lipinski definition) is 0. The smallest absolute Gasteiger partial charge is 0.442 e. The molecule has 17 heavy (non-hydrogen) atoms. The molecule has 7 heteroatoms. The second-order valence-electron chi connectivity index (χ2n) is 4.47. The summed E-state index contributed by atoms with van der Waals surface area (Å²) in [5.74, 6) is 0. The van der Waals surface area contributed by atoms with Crippen molar-refractivity contribution in [1.29, 1.82) is 0 Å². The first-order chi connectivity index (χ1) is 7.55. The Morgan fingerprint density at radius 3 is 2.12 bits per heavy atom. The molecule has 0 aliphatic carbocycles. The highest BCUT2D eigenvalue weighted by atomic mass is 19.4. The average molecular weight is 257 g/mol. The molecule has 4 nitrogen and oxygen atoms in total. The van der Waals surface area contributed by atoms with Crippen LogP contribution >= 0.6 is 0 Å². The zero-order chi connectivity index (χ0) is 13.7. The van der Waals surface area contributed by atoms with Crippen molar-refractivity contribution < 1.29 is 27.5 Å². The Bertz CT molecular complexity index is 248. The number of hydroxylamine groups is 2. The summed E-state index contributed by atoms with van der Waals surface area (Å²) in [5.41, 5.74) is -0.865. The van der Waals surface area contributed by atoms with E-state index in [1.54, 1.807) is 27.7 Å². The summed E-state index contributed by atoms with van der Waals surface area (Å²) >= 11 is 0. The normalized spacial score (nSPS) is 12.4. The lowest BCUT2D eigenvalue weighted by Gasteiger charge is -2.26. The minimum absolute atomic E-state index is 0.162. The van der Waals surface area contributed by atoms with Crippen LogP contribution in [-0.4, -0.2) is 29.7 Å². The van der Waals surface area contributed by atoms with E-state index in [1.807, 2.05) is 0 Å². The summed E-state index contributed by atoms with van der Waals surface area (Å²) in [6.07, 6.45) is -5.00. The third-order valence-electron chi connectivity index (χ3n) is 1.53. The number of nitrogens with zero attached hydrogens (tertiary/aromatic N) is 1. The first-order valence-corrected chi connectivity index (χ1v) is 5.31. The van der Waals surface area contributed by atoms with Crippen LogP contribution in [-0.2, 0) is 9.57 Å². The fourth-order valence-corrected chi connectivity index (χ4v) is 0.914. The number of rotatable bonds is 4. The molecule has 0 spiro atoms. The van der Waals surface area contributed by atoms with Gasteiger partial charge in [0, 0.05) is 0 Å². The molecule has 102 valence electrons. The lowest BCUT2D eigenvalue weighted by atomic mass is 10.2. The van der Waals surface area contributed by atoms with Gasteiger partial charge in [0.05, 0.1) is 6.54 Å². The monoisotopic (exact) mass is 257 g/mol. The predicted molar refractivity (Wildman–Crippen MR) is 55.0 cm³/mol. The first-order valence-electron chi connectivity index (χ1n) is 5.31. The molecule has 0 atom stereocenters. The lowest BCUT2D eigenvalue weighted by Crippen LogP contribution is -2.40. The van der Waals surface area contributed by atoms with Crippen molar-refractivity contribution in [2.75, 3.05) is 6.54 Å². The van der Waals surface area contributed by atoms with Crippen LogP contribution in [0.4, 0.5) is 18.0 Å². The maximum atomic E-state index is 12.1. The van der Waals surface area contributed by atoms with Crippen LogP contribution in [0.5, 0.6) is 0 Å². The Morgan fingerprint density at radius 2 is 1.76 bits per heavy atom. The van der Waals surface area contributed by atoms with Crippen molar-refractivity contribution in [3.63, 3.8) is 0 Å². The predicted octanol–water partition coefficient (Wildman–Crippen LogP) is 3.48. The van der Waals surface area contributed by atoms with Gasteiger partial charge in [-0.3, -0.25) is 0 Å². The van der Waals surface area contributed by atoms with Gasteiger partial charge in [-0.05, 0) is 27.2 Å². The van der Waals surface area contributed by atoms with Gasteiger partial charge in [-0.2, -0.15) is 9.90 Å². The van der Waals surface area contributed by atoms with E-state index in [0.29, 0.717) is 12.8 Å². The topological polar surface area (TPSA) is 38.8 Å². The maximum Gasteiger partial charge on any atom is 0.544 e. The number of ether oxygens (including phenoxy) is 1. The number of alkyl halides is 3. The van der Waals surface area contributed by atoms with Gasteiger partial charge in [0.2, 0.25) is 0 Å². The van der Waals surface area contributed by atoms with Gasteiger partial charge in [0.25, 0.3) is 0 Å². The van der Waals surface area contributed by atoms with Gasteiger partial charge in [-0.15, -0.1) is 13.2 Å². The van der Waals surface area contributed by atoms with E-state index in [4.69, 9.17) is 4.74 Å². The zero-order valence-corrected chi connectivity index (χ0v) is 10.4. The second kappa shape index (κ2) is 6.09. The van der Waals surface area contributed by atoms with Crippen molar-refractivity contribution >= 4 is 6.09 Å². The molecule has 0 aliphatic heterocycles. The van der Waals surface area contributed by atoms with Crippen molar-refractivity contribution in [1.82, 2.24) is 5.06 Å². The van der Waals surface area contributed by atoms with E-state index < -0.39 is 18.1 Å². The number of halogens is 3. The van der Waals surface area contributed by atoms with E-state index in [2.05, 4.69) is 4.84 Å². The Labute approximate surface area is 98.6 Å². The molecule has 1 amide bonds. The van der Waals surface area contributed by atoms with Crippen LogP contribution in [0.15, 0.2) is 0 Å². The number of hydrogen-bond acceptors (Lipinski definition) is 3. The summed E-state index contributed by atoms with van der Waals surface area (Å²) in [6.45, 7) is 6.33. The third-order valence-corrected chi connectivity index (χ3v) is 1.53. The number of carbonyl (C=O) groups excluding carboxylic acids is 1. The van der Waals surface area contributed by atoms with Crippen molar-refractivity contribution in [3.8, 4) is 0 Å². The quantitative estimate of drug-likeness (QED) is 0.724. The summed E-state index contributed by atoms with van der Waals surface area (Å²) in [6, 6.07) is 0. The van der Waals surface area contributed by atoms with E-state index in [9.17, 15) is 18.0 Å². The fourth-order valence-electron chi connectivity index (χ4n) is 0.914. The molecule has 0 radical (unpaired) electrons. The Hall–Kier alpha value is -0.980. The minimum atomic E-state index is -4.90. The van der Waals surface area contributed by atoms with Crippen molar-refractivity contribution in [2.24, 2.45) is 0 Å². The Morgan fingerprint density at radius 1 is 1.24 bits per heavy atom. The van der Waals surface area contributed by atoms with Crippen molar-refractivity contribution in [3.05, 3.63) is 0 Å². The Kier molecular flexibility index (Phi) is 5.74. The van der Waals surface area contributed by atoms with E-state index in [1.165, 1.54) is 0 Å². The van der Waals surface area contributed by atoms with Crippen LogP contribution in [0, 0.1) is 0 Å². The lowest BCUT2D eigenvalue weighted by molar-refractivity contribution is -0.402. The summed E-state index contributed by atoms with van der Waals surface area (Å²) in [4.78, 5) is 15.0. The molecule has 0 rings (SSSR count). The van der Waals surface area contributed by atoms with Gasteiger partial charge < -0.3 is 4.74 Å². The standard InChI is InChI=1S/C10H18F3NO3/c1-5-6-7-14(17-10(11,12)13)8(15)16-9(2,3)4/h5-7H2,1-4H3. The number of unbranched alkanes of at least 4 members (excludes halogenated alkanes) is 1.